The molecule has 0 bridgehead atoms. The van der Waals surface area contributed by atoms with E-state index >= 15 is 0 Å². The van der Waals surface area contributed by atoms with Crippen molar-refractivity contribution in [2.45, 2.75) is 65.7 Å². The third-order valence-corrected chi connectivity index (χ3v) is 5.76. The van der Waals surface area contributed by atoms with Crippen molar-refractivity contribution in [3.05, 3.63) is 76.6 Å². The molecule has 2 aromatic carbocycles. The summed E-state index contributed by atoms with van der Waals surface area (Å²) in [6.45, 7) is 15.0. The van der Waals surface area contributed by atoms with Crippen LogP contribution < -0.4 is 21.3 Å². The Hall–Kier alpha value is -4.19. The Morgan fingerprint density at radius 1 is 0.892 bits per heavy atom. The first-order valence-electron chi connectivity index (χ1n) is 12.3. The molecule has 196 valence electrons. The SMILES string of the molecule is [C-]#[N+]c1c(C)cccc1CNC(=O)C(=O)C(CC)NC(=O)[C@H](CC(C)C)NC(=O)NCc1ccccc1. The second-order valence-corrected chi connectivity index (χ2v) is 9.21. The van der Waals surface area contributed by atoms with E-state index in [0.717, 1.165) is 11.1 Å². The number of benzene rings is 2. The van der Waals surface area contributed by atoms with Crippen LogP contribution in [0.2, 0.25) is 0 Å². The highest BCUT2D eigenvalue weighted by Crippen LogP contribution is 2.23. The quantitative estimate of drug-likeness (QED) is 0.260. The minimum Gasteiger partial charge on any atom is -0.347 e. The lowest BCUT2D eigenvalue weighted by Gasteiger charge is -2.23. The summed E-state index contributed by atoms with van der Waals surface area (Å²) in [7, 11) is 0. The van der Waals surface area contributed by atoms with E-state index in [9.17, 15) is 19.2 Å². The standard InChI is InChI=1S/C28H35N5O4/c1-6-22(25(34)27(36)30-17-21-14-10-11-19(4)24(21)29-5)32-26(35)23(15-18(2)3)33-28(37)31-16-20-12-8-7-9-13-20/h7-14,18,22-23H,6,15-17H2,1-4H3,(H,30,36)(H,32,35)(H2,31,33,37)/t22?,23-/m0/s1. The number of carbonyl (C=O) groups excluding carboxylic acids is 4. The molecule has 4 N–H and O–H groups in total. The third-order valence-electron chi connectivity index (χ3n) is 5.76. The molecule has 0 radical (unpaired) electrons. The molecule has 37 heavy (non-hydrogen) atoms. The molecule has 2 aromatic rings. The number of Topliss-reactive ketones (excluding diaryl/α,β-unsaturated/α-hetero) is 1. The minimum absolute atomic E-state index is 0.0213. The van der Waals surface area contributed by atoms with E-state index in [1.165, 1.54) is 0 Å². The van der Waals surface area contributed by atoms with Crippen LogP contribution in [0.25, 0.3) is 4.85 Å². The van der Waals surface area contributed by atoms with Crippen molar-refractivity contribution < 1.29 is 19.2 Å². The van der Waals surface area contributed by atoms with Gasteiger partial charge in [-0.25, -0.2) is 9.64 Å². The summed E-state index contributed by atoms with van der Waals surface area (Å²) in [6, 6.07) is 12.2. The number of carbonyl (C=O) groups is 4. The highest BCUT2D eigenvalue weighted by atomic mass is 16.2. The zero-order valence-electron chi connectivity index (χ0n) is 21.8. The Balaban J connectivity index is 1.98. The van der Waals surface area contributed by atoms with E-state index in [4.69, 9.17) is 6.57 Å². The number of para-hydroxylation sites is 1. The lowest BCUT2D eigenvalue weighted by molar-refractivity contribution is -0.140. The molecule has 0 spiro atoms. The summed E-state index contributed by atoms with van der Waals surface area (Å²) in [5.41, 5.74) is 2.74. The number of nitrogens with one attached hydrogen (secondary N) is 4. The summed E-state index contributed by atoms with van der Waals surface area (Å²) in [5, 5.41) is 10.6. The molecule has 0 aliphatic heterocycles. The van der Waals surface area contributed by atoms with Crippen LogP contribution in [0.3, 0.4) is 0 Å². The molecule has 2 rings (SSSR count). The third kappa shape index (κ3) is 9.08. The summed E-state index contributed by atoms with van der Waals surface area (Å²) in [6.07, 6.45) is 0.554. The highest BCUT2D eigenvalue weighted by molar-refractivity contribution is 6.38. The zero-order valence-corrected chi connectivity index (χ0v) is 21.8. The average molecular weight is 506 g/mol. The van der Waals surface area contributed by atoms with E-state index in [1.54, 1.807) is 32.0 Å². The number of nitrogens with zero attached hydrogens (tertiary/aromatic N) is 1. The Labute approximate surface area is 218 Å². The van der Waals surface area contributed by atoms with Crippen molar-refractivity contribution in [2.24, 2.45) is 5.92 Å². The summed E-state index contributed by atoms with van der Waals surface area (Å²) in [5.74, 6) is -2.08. The van der Waals surface area contributed by atoms with Crippen molar-refractivity contribution >= 4 is 29.3 Å². The largest absolute Gasteiger partial charge is 0.347 e. The van der Waals surface area contributed by atoms with E-state index in [2.05, 4.69) is 26.1 Å². The Bertz CT molecular complexity index is 1140. The van der Waals surface area contributed by atoms with E-state index in [-0.39, 0.29) is 18.9 Å². The van der Waals surface area contributed by atoms with Gasteiger partial charge in [0.25, 0.3) is 5.91 Å². The first-order valence-corrected chi connectivity index (χ1v) is 12.3. The van der Waals surface area contributed by atoms with Crippen LogP contribution >= 0.6 is 0 Å². The zero-order chi connectivity index (χ0) is 27.4. The van der Waals surface area contributed by atoms with Crippen molar-refractivity contribution in [3.8, 4) is 0 Å². The Kier molecular flexibility index (Phi) is 11.3. The van der Waals surface area contributed by atoms with Crippen LogP contribution in [-0.4, -0.2) is 35.7 Å². The van der Waals surface area contributed by atoms with Crippen molar-refractivity contribution in [2.75, 3.05) is 0 Å². The maximum atomic E-state index is 13.0. The lowest BCUT2D eigenvalue weighted by atomic mass is 10.0. The van der Waals surface area contributed by atoms with Gasteiger partial charge in [-0.2, -0.15) is 0 Å². The van der Waals surface area contributed by atoms with Crippen LogP contribution in [0.15, 0.2) is 48.5 Å². The normalized spacial score (nSPS) is 12.1. The van der Waals surface area contributed by atoms with E-state index in [0.29, 0.717) is 24.2 Å². The van der Waals surface area contributed by atoms with Crippen molar-refractivity contribution in [3.63, 3.8) is 0 Å². The fourth-order valence-electron chi connectivity index (χ4n) is 3.76. The molecule has 9 heteroatoms. The smallest absolute Gasteiger partial charge is 0.315 e. The lowest BCUT2D eigenvalue weighted by Crippen LogP contribution is -2.55. The number of urea groups is 1. The predicted molar refractivity (Wildman–Crippen MR) is 142 cm³/mol. The first kappa shape index (κ1) is 29.0. The van der Waals surface area contributed by atoms with Crippen LogP contribution in [0.4, 0.5) is 10.5 Å². The predicted octanol–water partition coefficient (Wildman–Crippen LogP) is 3.54. The van der Waals surface area contributed by atoms with Gasteiger partial charge >= 0.3 is 6.03 Å². The average Bonchev–Trinajstić information content (AvgIpc) is 2.88. The van der Waals surface area contributed by atoms with Gasteiger partial charge in [-0.15, -0.1) is 0 Å². The van der Waals surface area contributed by atoms with Gasteiger partial charge < -0.3 is 21.3 Å². The number of aryl methyl sites for hydroxylation is 1. The number of hydrogen-bond donors (Lipinski definition) is 4. The molecule has 9 nitrogen and oxygen atoms in total. The summed E-state index contributed by atoms with van der Waals surface area (Å²) >= 11 is 0. The first-order chi connectivity index (χ1) is 17.7. The minimum atomic E-state index is -1.05. The van der Waals surface area contributed by atoms with Crippen molar-refractivity contribution in [1.29, 1.82) is 0 Å². The fourth-order valence-corrected chi connectivity index (χ4v) is 3.76. The molecule has 0 aliphatic carbocycles. The van der Waals surface area contributed by atoms with E-state index < -0.39 is 35.7 Å². The summed E-state index contributed by atoms with van der Waals surface area (Å²) < 4.78 is 0. The second-order valence-electron chi connectivity index (χ2n) is 9.21. The number of rotatable bonds is 12. The molecule has 4 amide bonds. The maximum Gasteiger partial charge on any atom is 0.315 e. The topological polar surface area (TPSA) is 121 Å². The molecule has 0 saturated carbocycles. The van der Waals surface area contributed by atoms with Crippen LogP contribution in [0.5, 0.6) is 0 Å². The van der Waals surface area contributed by atoms with Gasteiger partial charge in [0.15, 0.2) is 5.69 Å². The molecular formula is C28H35N5O4. The molecule has 0 aromatic heterocycles. The van der Waals surface area contributed by atoms with Crippen molar-refractivity contribution in [1.82, 2.24) is 21.3 Å². The number of hydrogen-bond acceptors (Lipinski definition) is 4. The number of amides is 4. The monoisotopic (exact) mass is 505 g/mol. The molecule has 2 atom stereocenters. The molecule has 0 aliphatic rings. The van der Waals surface area contributed by atoms with Gasteiger partial charge in [0.1, 0.15) is 6.04 Å². The van der Waals surface area contributed by atoms with Gasteiger partial charge in [0.05, 0.1) is 12.6 Å². The Morgan fingerprint density at radius 3 is 2.22 bits per heavy atom. The second kappa shape index (κ2) is 14.4. The molecule has 0 fully saturated rings. The summed E-state index contributed by atoms with van der Waals surface area (Å²) in [4.78, 5) is 54.3. The molecule has 0 heterocycles. The molecule has 0 saturated heterocycles. The Morgan fingerprint density at radius 2 is 1.59 bits per heavy atom. The van der Waals surface area contributed by atoms with Gasteiger partial charge in [0.2, 0.25) is 11.7 Å². The van der Waals surface area contributed by atoms with Gasteiger partial charge in [-0.05, 0) is 42.4 Å². The molecule has 1 unspecified atom stereocenters. The van der Waals surface area contributed by atoms with Crippen LogP contribution in [0.1, 0.15) is 50.3 Å². The highest BCUT2D eigenvalue weighted by Gasteiger charge is 2.29. The van der Waals surface area contributed by atoms with Gasteiger partial charge in [0, 0.05) is 13.1 Å². The fraction of sp³-hybridized carbons (Fsp3) is 0.393. The maximum absolute atomic E-state index is 13.0. The van der Waals surface area contributed by atoms with Gasteiger partial charge in [-0.1, -0.05) is 69.3 Å². The van der Waals surface area contributed by atoms with E-state index in [1.807, 2.05) is 44.2 Å². The van der Waals surface area contributed by atoms with Crippen LogP contribution in [0, 0.1) is 19.4 Å². The number of ketones is 1. The van der Waals surface area contributed by atoms with Gasteiger partial charge in [-0.3, -0.25) is 14.4 Å². The van der Waals surface area contributed by atoms with Crippen LogP contribution in [-0.2, 0) is 27.5 Å². The molecular weight excluding hydrogens is 470 g/mol.